The average molecular weight is 409 g/mol. The molecule has 0 aliphatic rings. The maximum Gasteiger partial charge on any atom is 0.352 e. The van der Waals surface area contributed by atoms with Gasteiger partial charge in [0, 0.05) is 4.47 Å². The first-order valence-corrected chi connectivity index (χ1v) is 8.14. The van der Waals surface area contributed by atoms with Crippen LogP contribution in [0.25, 0.3) is 0 Å². The van der Waals surface area contributed by atoms with Gasteiger partial charge >= 0.3 is 11.9 Å². The molecule has 0 fully saturated rings. The van der Waals surface area contributed by atoms with Crippen LogP contribution in [0.4, 0.5) is 0 Å². The molecule has 0 N–H and O–H groups in total. The summed E-state index contributed by atoms with van der Waals surface area (Å²) in [4.78, 5) is 23.8. The molecule has 2 aromatic carbocycles. The summed E-state index contributed by atoms with van der Waals surface area (Å²) in [7, 11) is 2.69. The van der Waals surface area contributed by atoms with Gasteiger partial charge < -0.3 is 18.9 Å². The van der Waals surface area contributed by atoms with Crippen molar-refractivity contribution in [2.24, 2.45) is 0 Å². The molecule has 0 saturated carbocycles. The molecule has 0 radical (unpaired) electrons. The smallest absolute Gasteiger partial charge is 0.352 e. The molecule has 0 aromatic heterocycles. The van der Waals surface area contributed by atoms with Crippen LogP contribution in [0.5, 0.6) is 17.2 Å². The molecule has 2 aromatic rings. The minimum atomic E-state index is -0.828. The van der Waals surface area contributed by atoms with Crippen LogP contribution in [-0.2, 0) is 9.53 Å². The standard InChI is InChI=1S/C18H17BrO6/c1-11(24-14-7-5-13(19)6-8-14)17(20)25-15-9-4-12(18(21)23-3)10-16(15)22-2/h4-11H,1-3H3. The highest BCUT2D eigenvalue weighted by molar-refractivity contribution is 9.10. The molecule has 1 unspecified atom stereocenters. The van der Waals surface area contributed by atoms with E-state index in [1.165, 1.54) is 32.4 Å². The Morgan fingerprint density at radius 3 is 2.28 bits per heavy atom. The van der Waals surface area contributed by atoms with Crippen molar-refractivity contribution in [1.29, 1.82) is 0 Å². The summed E-state index contributed by atoms with van der Waals surface area (Å²) in [5.41, 5.74) is 0.290. The second-order valence-electron chi connectivity index (χ2n) is 4.99. The number of carbonyl (C=O) groups is 2. The number of halogens is 1. The molecule has 0 amide bonds. The maximum absolute atomic E-state index is 12.2. The summed E-state index contributed by atoms with van der Waals surface area (Å²) >= 11 is 3.33. The molecule has 0 aliphatic carbocycles. The highest BCUT2D eigenvalue weighted by Crippen LogP contribution is 2.29. The van der Waals surface area contributed by atoms with Gasteiger partial charge in [-0.2, -0.15) is 0 Å². The quantitative estimate of drug-likeness (QED) is 0.536. The lowest BCUT2D eigenvalue weighted by atomic mass is 10.2. The highest BCUT2D eigenvalue weighted by atomic mass is 79.9. The zero-order valence-electron chi connectivity index (χ0n) is 13.9. The normalized spacial score (nSPS) is 11.4. The monoisotopic (exact) mass is 408 g/mol. The SMILES string of the molecule is COC(=O)c1ccc(OC(=O)C(C)Oc2ccc(Br)cc2)c(OC)c1. The third kappa shape index (κ3) is 4.96. The molecule has 132 valence electrons. The first-order chi connectivity index (χ1) is 11.9. The Hall–Kier alpha value is -2.54. The van der Waals surface area contributed by atoms with E-state index in [0.29, 0.717) is 11.3 Å². The number of methoxy groups -OCH3 is 2. The fourth-order valence-electron chi connectivity index (χ4n) is 1.95. The van der Waals surface area contributed by atoms with Crippen LogP contribution >= 0.6 is 15.9 Å². The number of esters is 2. The zero-order chi connectivity index (χ0) is 18.4. The molecule has 25 heavy (non-hydrogen) atoms. The van der Waals surface area contributed by atoms with Crippen LogP contribution in [0, 0.1) is 0 Å². The van der Waals surface area contributed by atoms with Crippen LogP contribution in [0.2, 0.25) is 0 Å². The molecule has 1 atom stereocenters. The van der Waals surface area contributed by atoms with Gasteiger partial charge in [-0.05, 0) is 49.4 Å². The van der Waals surface area contributed by atoms with Gasteiger partial charge in [0.15, 0.2) is 17.6 Å². The van der Waals surface area contributed by atoms with Crippen LogP contribution < -0.4 is 14.2 Å². The van der Waals surface area contributed by atoms with Crippen molar-refractivity contribution in [3.8, 4) is 17.2 Å². The number of hydrogen-bond acceptors (Lipinski definition) is 6. The molecule has 2 rings (SSSR count). The summed E-state index contributed by atoms with van der Waals surface area (Å²) in [6.07, 6.45) is -0.828. The maximum atomic E-state index is 12.2. The van der Waals surface area contributed by atoms with Crippen molar-refractivity contribution in [2.45, 2.75) is 13.0 Å². The van der Waals surface area contributed by atoms with E-state index >= 15 is 0 Å². The zero-order valence-corrected chi connectivity index (χ0v) is 15.5. The van der Waals surface area contributed by atoms with E-state index in [9.17, 15) is 9.59 Å². The molecular weight excluding hydrogens is 392 g/mol. The van der Waals surface area contributed by atoms with Crippen LogP contribution in [0.15, 0.2) is 46.9 Å². The molecule has 0 saturated heterocycles. The second kappa shape index (κ2) is 8.53. The summed E-state index contributed by atoms with van der Waals surface area (Å²) in [6.45, 7) is 1.58. The Morgan fingerprint density at radius 2 is 1.68 bits per heavy atom. The molecule has 0 bridgehead atoms. The number of rotatable bonds is 6. The summed E-state index contributed by atoms with van der Waals surface area (Å²) in [6, 6.07) is 11.5. The van der Waals surface area contributed by atoms with Crippen molar-refractivity contribution in [2.75, 3.05) is 14.2 Å². The predicted octanol–water partition coefficient (Wildman–Crippen LogP) is 3.62. The first kappa shape index (κ1) is 18.8. The van der Waals surface area contributed by atoms with E-state index in [1.54, 1.807) is 19.1 Å². The lowest BCUT2D eigenvalue weighted by Crippen LogP contribution is -2.28. The Balaban J connectivity index is 2.08. The topological polar surface area (TPSA) is 71.1 Å². The van der Waals surface area contributed by atoms with Crippen molar-refractivity contribution >= 4 is 27.9 Å². The van der Waals surface area contributed by atoms with E-state index in [0.717, 1.165) is 4.47 Å². The van der Waals surface area contributed by atoms with E-state index in [-0.39, 0.29) is 11.5 Å². The molecule has 7 heteroatoms. The second-order valence-corrected chi connectivity index (χ2v) is 5.91. The highest BCUT2D eigenvalue weighted by Gasteiger charge is 2.20. The Kier molecular flexibility index (Phi) is 6.41. The summed E-state index contributed by atoms with van der Waals surface area (Å²) in [5.74, 6) is -0.130. The van der Waals surface area contributed by atoms with E-state index in [4.69, 9.17) is 14.2 Å². The van der Waals surface area contributed by atoms with Gasteiger partial charge in [-0.25, -0.2) is 9.59 Å². The number of ether oxygens (including phenoxy) is 4. The number of hydrogen-bond donors (Lipinski definition) is 0. The van der Waals surface area contributed by atoms with Gasteiger partial charge in [-0.15, -0.1) is 0 Å². The molecule has 6 nitrogen and oxygen atoms in total. The summed E-state index contributed by atoms with van der Waals surface area (Å²) < 4.78 is 21.6. The van der Waals surface area contributed by atoms with Crippen LogP contribution in [0.3, 0.4) is 0 Å². The Morgan fingerprint density at radius 1 is 1.00 bits per heavy atom. The predicted molar refractivity (Wildman–Crippen MR) is 94.2 cm³/mol. The summed E-state index contributed by atoms with van der Waals surface area (Å²) in [5, 5.41) is 0. The lowest BCUT2D eigenvalue weighted by molar-refractivity contribution is -0.141. The van der Waals surface area contributed by atoms with Crippen molar-refractivity contribution < 1.29 is 28.5 Å². The molecule has 0 spiro atoms. The fraction of sp³-hybridized carbons (Fsp3) is 0.222. The number of carbonyl (C=O) groups excluding carboxylic acids is 2. The molecule has 0 heterocycles. The molecular formula is C18H17BrO6. The van der Waals surface area contributed by atoms with Gasteiger partial charge in [0.25, 0.3) is 0 Å². The van der Waals surface area contributed by atoms with E-state index < -0.39 is 18.0 Å². The van der Waals surface area contributed by atoms with E-state index in [2.05, 4.69) is 20.7 Å². The van der Waals surface area contributed by atoms with Gasteiger partial charge in [0.2, 0.25) is 0 Å². The van der Waals surface area contributed by atoms with Crippen LogP contribution in [-0.4, -0.2) is 32.3 Å². The van der Waals surface area contributed by atoms with Crippen LogP contribution in [0.1, 0.15) is 17.3 Å². The molecule has 0 aliphatic heterocycles. The largest absolute Gasteiger partial charge is 0.493 e. The average Bonchev–Trinajstić information content (AvgIpc) is 2.63. The Bertz CT molecular complexity index is 757. The van der Waals surface area contributed by atoms with Crippen molar-refractivity contribution in [3.63, 3.8) is 0 Å². The van der Waals surface area contributed by atoms with Gasteiger partial charge in [-0.1, -0.05) is 15.9 Å². The lowest BCUT2D eigenvalue weighted by Gasteiger charge is -2.15. The van der Waals surface area contributed by atoms with Gasteiger partial charge in [-0.3, -0.25) is 0 Å². The first-order valence-electron chi connectivity index (χ1n) is 7.35. The third-order valence-corrected chi connectivity index (χ3v) is 3.78. The van der Waals surface area contributed by atoms with Crippen molar-refractivity contribution in [1.82, 2.24) is 0 Å². The minimum Gasteiger partial charge on any atom is -0.493 e. The fourth-order valence-corrected chi connectivity index (χ4v) is 2.22. The van der Waals surface area contributed by atoms with Gasteiger partial charge in [0.1, 0.15) is 5.75 Å². The van der Waals surface area contributed by atoms with Crippen molar-refractivity contribution in [3.05, 3.63) is 52.5 Å². The minimum absolute atomic E-state index is 0.186. The van der Waals surface area contributed by atoms with Gasteiger partial charge in [0.05, 0.1) is 19.8 Å². The van der Waals surface area contributed by atoms with E-state index in [1.807, 2.05) is 12.1 Å². The Labute approximate surface area is 153 Å². The third-order valence-electron chi connectivity index (χ3n) is 3.25. The number of benzene rings is 2.